The fraction of sp³-hybridized carbons (Fsp3) is 1.00. The highest BCUT2D eigenvalue weighted by molar-refractivity contribution is 7.35. The van der Waals surface area contributed by atoms with E-state index in [0.29, 0.717) is 6.61 Å². The van der Waals surface area contributed by atoms with Crippen molar-refractivity contribution in [1.29, 1.82) is 0 Å². The summed E-state index contributed by atoms with van der Waals surface area (Å²) in [5.74, 6) is 0. The van der Waals surface area contributed by atoms with Crippen LogP contribution < -0.4 is 0 Å². The number of hydrogen-bond acceptors (Lipinski definition) is 3. The Balaban J connectivity index is 3.66. The Morgan fingerprint density at radius 3 is 1.93 bits per heavy atom. The molecule has 3 nitrogen and oxygen atoms in total. The van der Waals surface area contributed by atoms with E-state index < -0.39 is 24.6 Å². The molecular weight excluding hydrogens is 231 g/mol. The molecular formula is C8H22O3PSi2+. The second-order valence-corrected chi connectivity index (χ2v) is 16.9. The predicted octanol–water partition coefficient (Wildman–Crippen LogP) is 3.85. The van der Waals surface area contributed by atoms with Crippen molar-refractivity contribution < 1.29 is 13.3 Å². The Hall–Kier alpha value is 0.454. The van der Waals surface area contributed by atoms with Crippen LogP contribution in [-0.2, 0) is 13.3 Å². The van der Waals surface area contributed by atoms with Gasteiger partial charge in [0.1, 0.15) is 6.61 Å². The highest BCUT2D eigenvalue weighted by Gasteiger charge is 2.32. The van der Waals surface area contributed by atoms with Crippen molar-refractivity contribution in [1.82, 2.24) is 0 Å². The SMILES string of the molecule is C[Si](C)(C)CCO[P+](=O)O[Si](C)(C)C. The highest BCUT2D eigenvalue weighted by atomic mass is 31.1. The minimum Gasteiger partial charge on any atom is -0.176 e. The third-order valence-corrected chi connectivity index (χ3v) is 6.28. The standard InChI is InChI=1S/C8H22O3PSi2/c1-13(2,3)8-7-10-12(9)11-14(4,5)6/h7-8H2,1-6H3/q+1. The van der Waals surface area contributed by atoms with Crippen LogP contribution >= 0.6 is 8.25 Å². The number of hydrogen-bond donors (Lipinski definition) is 0. The van der Waals surface area contributed by atoms with E-state index in [-0.39, 0.29) is 0 Å². The summed E-state index contributed by atoms with van der Waals surface area (Å²) in [5, 5.41) is 0. The molecule has 0 aliphatic heterocycles. The maximum atomic E-state index is 11.3. The van der Waals surface area contributed by atoms with Gasteiger partial charge in [-0.2, -0.15) is 4.21 Å². The lowest BCUT2D eigenvalue weighted by molar-refractivity contribution is 0.300. The lowest BCUT2D eigenvalue weighted by atomic mass is 10.9. The average Bonchev–Trinajstić information content (AvgIpc) is 1.78. The minimum absolute atomic E-state index is 0.565. The zero-order valence-electron chi connectivity index (χ0n) is 10.1. The van der Waals surface area contributed by atoms with E-state index >= 15 is 0 Å². The molecule has 0 spiro atoms. The van der Waals surface area contributed by atoms with Gasteiger partial charge < -0.3 is 0 Å². The predicted molar refractivity (Wildman–Crippen MR) is 66.1 cm³/mol. The second kappa shape index (κ2) is 5.51. The van der Waals surface area contributed by atoms with E-state index in [9.17, 15) is 4.57 Å². The van der Waals surface area contributed by atoms with Gasteiger partial charge >= 0.3 is 8.25 Å². The molecule has 1 unspecified atom stereocenters. The molecule has 84 valence electrons. The largest absolute Gasteiger partial charge is 0.685 e. The quantitative estimate of drug-likeness (QED) is 0.533. The molecule has 0 N–H and O–H groups in total. The van der Waals surface area contributed by atoms with Crippen LogP contribution in [-0.4, -0.2) is 23.0 Å². The second-order valence-electron chi connectivity index (χ2n) is 5.57. The highest BCUT2D eigenvalue weighted by Crippen LogP contribution is 2.29. The van der Waals surface area contributed by atoms with Crippen LogP contribution in [0.15, 0.2) is 0 Å². The van der Waals surface area contributed by atoms with Crippen LogP contribution in [0, 0.1) is 0 Å². The monoisotopic (exact) mass is 253 g/mol. The van der Waals surface area contributed by atoms with Crippen molar-refractivity contribution in [3.05, 3.63) is 0 Å². The summed E-state index contributed by atoms with van der Waals surface area (Å²) in [6, 6.07) is 1.03. The van der Waals surface area contributed by atoms with Gasteiger partial charge in [0, 0.05) is 12.6 Å². The molecule has 0 saturated carbocycles. The molecule has 0 rings (SSSR count). The average molecular weight is 253 g/mol. The maximum Gasteiger partial charge on any atom is 0.685 e. The van der Waals surface area contributed by atoms with Crippen molar-refractivity contribution >= 4 is 24.6 Å². The molecule has 1 atom stereocenters. The van der Waals surface area contributed by atoms with E-state index in [1.807, 2.05) is 19.6 Å². The van der Waals surface area contributed by atoms with Gasteiger partial charge in [0.15, 0.2) is 0 Å². The molecule has 0 heterocycles. The topological polar surface area (TPSA) is 35.5 Å². The lowest BCUT2D eigenvalue weighted by Crippen LogP contribution is -2.23. The zero-order valence-corrected chi connectivity index (χ0v) is 13.0. The molecule has 0 aromatic rings. The van der Waals surface area contributed by atoms with Crippen molar-refractivity contribution in [2.45, 2.75) is 45.3 Å². The van der Waals surface area contributed by atoms with E-state index in [4.69, 9.17) is 8.74 Å². The molecule has 0 amide bonds. The lowest BCUT2D eigenvalue weighted by Gasteiger charge is -2.12. The van der Waals surface area contributed by atoms with Crippen LogP contribution in [0.1, 0.15) is 0 Å². The van der Waals surface area contributed by atoms with Gasteiger partial charge in [-0.15, -0.1) is 4.52 Å². The fourth-order valence-corrected chi connectivity index (χ4v) is 3.80. The van der Waals surface area contributed by atoms with Crippen molar-refractivity contribution in [2.75, 3.05) is 6.61 Å². The van der Waals surface area contributed by atoms with Crippen molar-refractivity contribution in [3.8, 4) is 0 Å². The first-order valence-corrected chi connectivity index (χ1v) is 13.1. The van der Waals surface area contributed by atoms with Gasteiger partial charge in [-0.05, 0) is 25.7 Å². The third-order valence-electron chi connectivity index (χ3n) is 1.40. The van der Waals surface area contributed by atoms with Gasteiger partial charge in [0.05, 0.1) is 0 Å². The van der Waals surface area contributed by atoms with E-state index in [1.54, 1.807) is 0 Å². The summed E-state index contributed by atoms with van der Waals surface area (Å²) in [6.45, 7) is 13.4. The molecule has 0 saturated heterocycles. The molecule has 0 bridgehead atoms. The van der Waals surface area contributed by atoms with E-state index in [0.717, 1.165) is 6.04 Å². The zero-order chi connectivity index (χ0) is 11.4. The summed E-state index contributed by atoms with van der Waals surface area (Å²) >= 11 is 0. The minimum atomic E-state index is -1.89. The molecule has 0 fully saturated rings. The Morgan fingerprint density at radius 1 is 1.07 bits per heavy atom. The molecule has 6 heteroatoms. The molecule has 0 radical (unpaired) electrons. The van der Waals surface area contributed by atoms with E-state index in [1.165, 1.54) is 0 Å². The summed E-state index contributed by atoms with van der Waals surface area (Å²) < 4.78 is 21.7. The van der Waals surface area contributed by atoms with E-state index in [2.05, 4.69) is 19.6 Å². The van der Waals surface area contributed by atoms with Gasteiger partial charge in [0.2, 0.25) is 0 Å². The first kappa shape index (κ1) is 14.5. The molecule has 0 aromatic heterocycles. The van der Waals surface area contributed by atoms with Gasteiger partial charge in [0.25, 0.3) is 8.32 Å². The Morgan fingerprint density at radius 2 is 1.57 bits per heavy atom. The fourth-order valence-electron chi connectivity index (χ4n) is 0.676. The van der Waals surface area contributed by atoms with Crippen LogP contribution in [0.3, 0.4) is 0 Å². The van der Waals surface area contributed by atoms with Gasteiger partial charge in [-0.1, -0.05) is 19.6 Å². The molecule has 0 aromatic carbocycles. The maximum absolute atomic E-state index is 11.3. The Labute approximate surface area is 90.3 Å². The number of rotatable bonds is 6. The van der Waals surface area contributed by atoms with Crippen LogP contribution in [0.25, 0.3) is 0 Å². The Bertz CT molecular complexity index is 196. The van der Waals surface area contributed by atoms with Gasteiger partial charge in [-0.3, -0.25) is 0 Å². The molecule has 0 aliphatic rings. The first-order valence-electron chi connectivity index (χ1n) is 4.89. The summed E-state index contributed by atoms with van der Waals surface area (Å²) in [6.07, 6.45) is 0. The van der Waals surface area contributed by atoms with Crippen LogP contribution in [0.4, 0.5) is 0 Å². The molecule has 14 heavy (non-hydrogen) atoms. The third kappa shape index (κ3) is 10.5. The van der Waals surface area contributed by atoms with Crippen LogP contribution in [0.2, 0.25) is 45.3 Å². The van der Waals surface area contributed by atoms with Crippen molar-refractivity contribution in [2.24, 2.45) is 0 Å². The first-order chi connectivity index (χ1) is 6.10. The summed E-state index contributed by atoms with van der Waals surface area (Å²) in [4.78, 5) is 0. The summed E-state index contributed by atoms with van der Waals surface area (Å²) in [7, 11) is -4.68. The van der Waals surface area contributed by atoms with Gasteiger partial charge in [-0.25, -0.2) is 0 Å². The van der Waals surface area contributed by atoms with Crippen LogP contribution in [0.5, 0.6) is 0 Å². The Kier molecular flexibility index (Phi) is 5.69. The summed E-state index contributed by atoms with van der Waals surface area (Å²) in [5.41, 5.74) is 0. The normalized spacial score (nSPS) is 14.3. The smallest absolute Gasteiger partial charge is 0.176 e. The molecule has 0 aliphatic carbocycles. The van der Waals surface area contributed by atoms with Crippen molar-refractivity contribution in [3.63, 3.8) is 0 Å².